The van der Waals surface area contributed by atoms with Crippen molar-refractivity contribution in [3.05, 3.63) is 303 Å². The summed E-state index contributed by atoms with van der Waals surface area (Å²) in [5.41, 5.74) is 21.6. The Balaban J connectivity index is 0.977. The molecular weight excluding hydrogens is 1110 g/mol. The molecule has 0 saturated carbocycles. The van der Waals surface area contributed by atoms with Crippen LogP contribution in [-0.4, -0.2) is 51.1 Å². The van der Waals surface area contributed by atoms with Crippen molar-refractivity contribution in [3.8, 4) is 79.7 Å². The van der Waals surface area contributed by atoms with Crippen molar-refractivity contribution < 1.29 is 51.1 Å². The first kappa shape index (κ1) is 56.2. The molecule has 0 spiro atoms. The average Bonchev–Trinajstić information content (AvgIpc) is 0.824. The number of fused-ring (bicyclic) bond motifs is 10. The Bertz CT molecular complexity index is 4730. The van der Waals surface area contributed by atoms with E-state index in [9.17, 15) is 51.1 Å². The molecule has 442 valence electrons. The van der Waals surface area contributed by atoms with E-state index in [1.54, 1.807) is 48.5 Å². The molecule has 11 aromatic rings. The van der Waals surface area contributed by atoms with E-state index in [0.29, 0.717) is 106 Å². The Kier molecular flexibility index (Phi) is 14.1. The average molecular weight is 1180 g/mol. The quantitative estimate of drug-likeness (QED) is 0.0794. The zero-order chi connectivity index (χ0) is 61.5. The molecule has 0 saturated heterocycles. The number of phenolic OH excluding ortho intramolecular Hbond substituents is 10. The highest BCUT2D eigenvalue weighted by Gasteiger charge is 2.28. The minimum Gasteiger partial charge on any atom is -0.508 e. The van der Waals surface area contributed by atoms with Crippen molar-refractivity contribution >= 4 is 0 Å². The standard InChI is InChI=1S/C79H66O10/c1-42-17-60-24-47-3-8-52(73(85)33-47)34-64-26-48(19-44-4-11-67(80)12-5-44)27-65(78(64)88)40-66-30-49-28-62(77(66)87)23-46-7-14-70(82)56(21-46)25-50-31-63(29-49)79(89)69(32-50)74-43(2)54(37-59-38-58-35-53(75(59)74)10-16-72(58)84)36-55-41-68(81)13-9-51(55)20-45-6-15-71(83)57(22-45)39-61(18-42)76(60)86/h3-18,21-22,26-28,30-33,35,37,41,80-89H,19-20,23-25,29,34,36,38-40H2,1-2H3. The number of aromatic hydroxyl groups is 10. The molecule has 0 atom stereocenters. The van der Waals surface area contributed by atoms with E-state index in [-0.39, 0.29) is 83.2 Å². The molecule has 20 bridgehead atoms. The van der Waals surface area contributed by atoms with Gasteiger partial charge in [-0.1, -0.05) is 115 Å². The van der Waals surface area contributed by atoms with Gasteiger partial charge in [0.25, 0.3) is 0 Å². The van der Waals surface area contributed by atoms with Gasteiger partial charge in [0.2, 0.25) is 0 Å². The summed E-state index contributed by atoms with van der Waals surface area (Å²) in [6.07, 6.45) is 3.43. The Morgan fingerprint density at radius 3 is 1.38 bits per heavy atom. The topological polar surface area (TPSA) is 202 Å². The van der Waals surface area contributed by atoms with Crippen LogP contribution in [0.25, 0.3) is 22.3 Å². The van der Waals surface area contributed by atoms with Gasteiger partial charge in [-0.2, -0.15) is 0 Å². The summed E-state index contributed by atoms with van der Waals surface area (Å²) in [6, 6.07) is 52.4. The fourth-order valence-electron chi connectivity index (χ4n) is 14.1. The maximum atomic E-state index is 13.1. The summed E-state index contributed by atoms with van der Waals surface area (Å²) in [5, 5.41) is 118. The zero-order valence-corrected chi connectivity index (χ0v) is 49.4. The normalized spacial score (nSPS) is 13.3. The fourth-order valence-corrected chi connectivity index (χ4v) is 14.1. The molecule has 0 radical (unpaired) electrons. The van der Waals surface area contributed by atoms with Crippen molar-refractivity contribution in [2.75, 3.05) is 0 Å². The van der Waals surface area contributed by atoms with Crippen LogP contribution in [0.2, 0.25) is 0 Å². The van der Waals surface area contributed by atoms with Crippen molar-refractivity contribution in [2.45, 2.75) is 84.5 Å². The minimum absolute atomic E-state index is 0.00738. The van der Waals surface area contributed by atoms with E-state index < -0.39 is 0 Å². The molecule has 4 aliphatic carbocycles. The Hall–Kier alpha value is -10.6. The summed E-state index contributed by atoms with van der Waals surface area (Å²) < 4.78 is 0. The van der Waals surface area contributed by atoms with Gasteiger partial charge in [-0.3, -0.25) is 0 Å². The number of rotatable bonds is 2. The van der Waals surface area contributed by atoms with Gasteiger partial charge in [0.1, 0.15) is 57.5 Å². The van der Waals surface area contributed by atoms with Crippen LogP contribution < -0.4 is 0 Å². The lowest BCUT2D eigenvalue weighted by atomic mass is 9.77. The molecule has 0 aromatic heterocycles. The second-order valence-electron chi connectivity index (χ2n) is 25.0. The van der Waals surface area contributed by atoms with Gasteiger partial charge in [-0.25, -0.2) is 0 Å². The van der Waals surface area contributed by atoms with E-state index >= 15 is 0 Å². The van der Waals surface area contributed by atoms with Gasteiger partial charge >= 0.3 is 0 Å². The first-order valence-corrected chi connectivity index (χ1v) is 30.2. The largest absolute Gasteiger partial charge is 0.508 e. The molecule has 15 rings (SSSR count). The molecule has 11 aromatic carbocycles. The lowest BCUT2D eigenvalue weighted by molar-refractivity contribution is 0.454. The molecule has 89 heavy (non-hydrogen) atoms. The summed E-state index contributed by atoms with van der Waals surface area (Å²) in [5.74, 6) is 0.868. The number of phenols is 10. The molecule has 0 amide bonds. The maximum absolute atomic E-state index is 13.1. The fraction of sp³-hybridized carbons (Fsp3) is 0.165. The monoisotopic (exact) mass is 1170 g/mol. The van der Waals surface area contributed by atoms with Gasteiger partial charge in [0.05, 0.1) is 0 Å². The SMILES string of the molecule is Cc1cc2c(O)c(c1)Cc1cc(ccc1O)Cc1ccc(O)cc1Cc1cc3c(c(c1C)-c1cc4cc(c1O)Cc1cc(c(O)c(c1)Cc1cc(Cc5ccc(O)cc5)cc(c1O)Cc1ccc(cc1O)C2)Cc1ccc(O)c(c1)C4)-c1ccc(O)c(c1)C3. The molecule has 0 heterocycles. The Labute approximate surface area is 516 Å². The van der Waals surface area contributed by atoms with Crippen LogP contribution in [0.3, 0.4) is 0 Å². The third-order valence-corrected chi connectivity index (χ3v) is 18.6. The van der Waals surface area contributed by atoms with Crippen molar-refractivity contribution in [1.82, 2.24) is 0 Å². The second-order valence-corrected chi connectivity index (χ2v) is 25.0. The summed E-state index contributed by atoms with van der Waals surface area (Å²) >= 11 is 0. The van der Waals surface area contributed by atoms with E-state index in [2.05, 4.69) is 13.0 Å². The van der Waals surface area contributed by atoms with Crippen molar-refractivity contribution in [3.63, 3.8) is 0 Å². The number of hydrogen-bond donors (Lipinski definition) is 10. The van der Waals surface area contributed by atoms with Crippen LogP contribution in [0, 0.1) is 13.8 Å². The van der Waals surface area contributed by atoms with Gasteiger partial charge in [-0.05, 0) is 238 Å². The molecular formula is C79H66O10. The van der Waals surface area contributed by atoms with Crippen molar-refractivity contribution in [2.24, 2.45) is 0 Å². The van der Waals surface area contributed by atoms with Crippen LogP contribution in [0.1, 0.15) is 134 Å². The van der Waals surface area contributed by atoms with E-state index in [1.165, 1.54) is 0 Å². The molecule has 10 nitrogen and oxygen atoms in total. The summed E-state index contributed by atoms with van der Waals surface area (Å²) in [4.78, 5) is 0. The minimum atomic E-state index is 0.00738. The van der Waals surface area contributed by atoms with Gasteiger partial charge < -0.3 is 51.1 Å². The van der Waals surface area contributed by atoms with Gasteiger partial charge in [-0.15, -0.1) is 0 Å². The Morgan fingerprint density at radius 2 is 0.708 bits per heavy atom. The highest BCUT2D eigenvalue weighted by molar-refractivity contribution is 5.93. The van der Waals surface area contributed by atoms with Crippen LogP contribution in [0.4, 0.5) is 0 Å². The van der Waals surface area contributed by atoms with Crippen LogP contribution in [0.5, 0.6) is 57.5 Å². The van der Waals surface area contributed by atoms with Crippen molar-refractivity contribution in [1.29, 1.82) is 0 Å². The molecule has 0 aliphatic heterocycles. The van der Waals surface area contributed by atoms with Gasteiger partial charge in [0, 0.05) is 56.9 Å². The lowest BCUT2D eigenvalue weighted by Gasteiger charge is -2.27. The van der Waals surface area contributed by atoms with Crippen LogP contribution in [0.15, 0.2) is 170 Å². The highest BCUT2D eigenvalue weighted by Crippen LogP contribution is 2.50. The van der Waals surface area contributed by atoms with Gasteiger partial charge in [0.15, 0.2) is 0 Å². The van der Waals surface area contributed by atoms with Crippen LogP contribution >= 0.6 is 0 Å². The predicted molar refractivity (Wildman–Crippen MR) is 346 cm³/mol. The lowest BCUT2D eigenvalue weighted by Crippen LogP contribution is -2.08. The third kappa shape index (κ3) is 11.0. The number of benzene rings is 11. The molecule has 0 fully saturated rings. The zero-order valence-electron chi connectivity index (χ0n) is 49.4. The molecule has 4 aliphatic rings. The number of aryl methyl sites for hydroxylation is 1. The number of hydrogen-bond acceptors (Lipinski definition) is 10. The van der Waals surface area contributed by atoms with E-state index in [4.69, 9.17) is 0 Å². The third-order valence-electron chi connectivity index (χ3n) is 18.6. The molecule has 10 N–H and O–H groups in total. The molecule has 0 unspecified atom stereocenters. The Morgan fingerprint density at radius 1 is 0.258 bits per heavy atom. The van der Waals surface area contributed by atoms with Crippen LogP contribution in [-0.2, 0) is 70.6 Å². The first-order valence-electron chi connectivity index (χ1n) is 30.2. The highest BCUT2D eigenvalue weighted by atomic mass is 16.3. The smallest absolute Gasteiger partial charge is 0.126 e. The first-order chi connectivity index (χ1) is 42.9. The maximum Gasteiger partial charge on any atom is 0.126 e. The van der Waals surface area contributed by atoms with E-state index in [0.717, 1.165) is 94.6 Å². The summed E-state index contributed by atoms with van der Waals surface area (Å²) in [7, 11) is 0. The summed E-state index contributed by atoms with van der Waals surface area (Å²) in [6.45, 7) is 4.04. The predicted octanol–water partition coefficient (Wildman–Crippen LogP) is 15.1. The van der Waals surface area contributed by atoms with E-state index in [1.807, 2.05) is 122 Å². The second kappa shape index (κ2) is 22.3. The molecule has 10 heteroatoms.